The standard InChI is InChI=1S/C19H31N2/c1-3-5-14-20(15-6-4-2)19-13-10-16-21(19)17-18-11-8-7-9-12-18/h7-9,11-12H,3-6,10,13-17H2,1-2H3/q+1. The Balaban J connectivity index is 2.09. The van der Waals surface area contributed by atoms with Crippen LogP contribution in [0.5, 0.6) is 0 Å². The second-order valence-corrected chi connectivity index (χ2v) is 6.12. The molecule has 1 aromatic carbocycles. The SMILES string of the molecule is CCCCN(CCCC)C1=[N+](Cc2ccccc2)CCC1. The summed E-state index contributed by atoms with van der Waals surface area (Å²) in [5.74, 6) is 1.60. The lowest BCUT2D eigenvalue weighted by Gasteiger charge is -2.19. The van der Waals surface area contributed by atoms with Gasteiger partial charge in [-0.1, -0.05) is 57.0 Å². The maximum Gasteiger partial charge on any atom is 0.247 e. The summed E-state index contributed by atoms with van der Waals surface area (Å²) >= 11 is 0. The van der Waals surface area contributed by atoms with Crippen molar-refractivity contribution < 1.29 is 4.58 Å². The first-order valence-electron chi connectivity index (χ1n) is 8.74. The largest absolute Gasteiger partial charge is 0.266 e. The van der Waals surface area contributed by atoms with Crippen LogP contribution in [0.15, 0.2) is 30.3 Å². The van der Waals surface area contributed by atoms with Crippen LogP contribution in [0.4, 0.5) is 0 Å². The Morgan fingerprint density at radius 2 is 1.67 bits per heavy atom. The smallest absolute Gasteiger partial charge is 0.247 e. The molecule has 21 heavy (non-hydrogen) atoms. The fourth-order valence-corrected chi connectivity index (χ4v) is 3.12. The van der Waals surface area contributed by atoms with Gasteiger partial charge in [-0.3, -0.25) is 9.48 Å². The Morgan fingerprint density at radius 3 is 2.29 bits per heavy atom. The van der Waals surface area contributed by atoms with E-state index in [1.165, 1.54) is 63.7 Å². The topological polar surface area (TPSA) is 6.25 Å². The molecule has 2 nitrogen and oxygen atoms in total. The number of hydrogen-bond acceptors (Lipinski definition) is 1. The molecule has 0 spiro atoms. The highest BCUT2D eigenvalue weighted by Gasteiger charge is 2.26. The van der Waals surface area contributed by atoms with E-state index >= 15 is 0 Å². The van der Waals surface area contributed by atoms with Gasteiger partial charge in [-0.05, 0) is 24.8 Å². The maximum atomic E-state index is 2.67. The minimum atomic E-state index is 1.07. The predicted molar refractivity (Wildman–Crippen MR) is 90.9 cm³/mol. The molecule has 2 heteroatoms. The highest BCUT2D eigenvalue weighted by Crippen LogP contribution is 2.14. The molecule has 0 aliphatic carbocycles. The van der Waals surface area contributed by atoms with Crippen LogP contribution in [0.3, 0.4) is 0 Å². The monoisotopic (exact) mass is 287 g/mol. The first-order valence-corrected chi connectivity index (χ1v) is 8.74. The molecule has 0 bridgehead atoms. The predicted octanol–water partition coefficient (Wildman–Crippen LogP) is 4.29. The van der Waals surface area contributed by atoms with E-state index in [1.54, 1.807) is 5.84 Å². The molecule has 0 atom stereocenters. The quantitative estimate of drug-likeness (QED) is 0.646. The Labute approximate surface area is 130 Å². The first-order chi connectivity index (χ1) is 10.3. The fraction of sp³-hybridized carbons (Fsp3) is 0.632. The van der Waals surface area contributed by atoms with Crippen LogP contribution in [-0.4, -0.2) is 34.9 Å². The van der Waals surface area contributed by atoms with Crippen molar-refractivity contribution in [3.63, 3.8) is 0 Å². The first kappa shape index (κ1) is 16.1. The van der Waals surface area contributed by atoms with Gasteiger partial charge in [0, 0.05) is 0 Å². The Hall–Kier alpha value is -1.31. The zero-order chi connectivity index (χ0) is 14.9. The fourth-order valence-electron chi connectivity index (χ4n) is 3.12. The van der Waals surface area contributed by atoms with Gasteiger partial charge < -0.3 is 0 Å². The Morgan fingerprint density at radius 1 is 1.00 bits per heavy atom. The van der Waals surface area contributed by atoms with Gasteiger partial charge in [-0.2, -0.15) is 0 Å². The summed E-state index contributed by atoms with van der Waals surface area (Å²) in [6.45, 7) is 9.34. The van der Waals surface area contributed by atoms with Crippen LogP contribution in [0.25, 0.3) is 0 Å². The van der Waals surface area contributed by atoms with E-state index in [2.05, 4.69) is 53.7 Å². The van der Waals surface area contributed by atoms with E-state index in [0.29, 0.717) is 0 Å². The number of benzene rings is 1. The molecule has 116 valence electrons. The lowest BCUT2D eigenvalue weighted by molar-refractivity contribution is -0.540. The highest BCUT2D eigenvalue weighted by atomic mass is 15.2. The van der Waals surface area contributed by atoms with Crippen LogP contribution < -0.4 is 0 Å². The van der Waals surface area contributed by atoms with Crippen molar-refractivity contribution in [3.05, 3.63) is 35.9 Å². The van der Waals surface area contributed by atoms with Crippen LogP contribution in [-0.2, 0) is 6.54 Å². The lowest BCUT2D eigenvalue weighted by atomic mass is 10.2. The van der Waals surface area contributed by atoms with Crippen LogP contribution >= 0.6 is 0 Å². The molecule has 2 rings (SSSR count). The second-order valence-electron chi connectivity index (χ2n) is 6.12. The number of amidine groups is 1. The van der Waals surface area contributed by atoms with Gasteiger partial charge in [-0.25, -0.2) is 0 Å². The number of rotatable bonds is 8. The van der Waals surface area contributed by atoms with Gasteiger partial charge in [0.15, 0.2) is 0 Å². The van der Waals surface area contributed by atoms with E-state index in [4.69, 9.17) is 0 Å². The van der Waals surface area contributed by atoms with Gasteiger partial charge in [0.2, 0.25) is 5.84 Å². The summed E-state index contributed by atoms with van der Waals surface area (Å²) in [6, 6.07) is 10.9. The van der Waals surface area contributed by atoms with E-state index in [0.717, 1.165) is 6.54 Å². The molecule has 0 saturated carbocycles. The molecule has 0 aromatic heterocycles. The maximum absolute atomic E-state index is 2.67. The number of nitrogens with zero attached hydrogens (tertiary/aromatic N) is 2. The van der Waals surface area contributed by atoms with Crippen LogP contribution in [0, 0.1) is 0 Å². The van der Waals surface area contributed by atoms with E-state index in [-0.39, 0.29) is 0 Å². The zero-order valence-corrected chi connectivity index (χ0v) is 13.9. The molecule has 1 aliphatic rings. The van der Waals surface area contributed by atoms with Crippen molar-refractivity contribution in [2.75, 3.05) is 19.6 Å². The van der Waals surface area contributed by atoms with Crippen molar-refractivity contribution in [2.24, 2.45) is 0 Å². The van der Waals surface area contributed by atoms with Gasteiger partial charge >= 0.3 is 0 Å². The Kier molecular flexibility index (Phi) is 6.78. The van der Waals surface area contributed by atoms with Crippen molar-refractivity contribution in [1.82, 2.24) is 4.90 Å². The summed E-state index contributed by atoms with van der Waals surface area (Å²) in [5, 5.41) is 0. The van der Waals surface area contributed by atoms with Crippen LogP contribution in [0.2, 0.25) is 0 Å². The van der Waals surface area contributed by atoms with E-state index in [9.17, 15) is 0 Å². The molecule has 0 unspecified atom stereocenters. The minimum absolute atomic E-state index is 1.07. The molecular weight excluding hydrogens is 256 g/mol. The zero-order valence-electron chi connectivity index (χ0n) is 13.9. The second kappa shape index (κ2) is 8.86. The normalized spacial score (nSPS) is 14.8. The average molecular weight is 287 g/mol. The van der Waals surface area contributed by atoms with Crippen LogP contribution in [0.1, 0.15) is 57.9 Å². The third-order valence-electron chi connectivity index (χ3n) is 4.34. The summed E-state index contributed by atoms with van der Waals surface area (Å²) in [6.07, 6.45) is 7.78. The van der Waals surface area contributed by atoms with Gasteiger partial charge in [0.05, 0.1) is 26.1 Å². The van der Waals surface area contributed by atoms with Gasteiger partial charge in [0.1, 0.15) is 6.54 Å². The summed E-state index contributed by atoms with van der Waals surface area (Å²) in [7, 11) is 0. The third kappa shape index (κ3) is 4.87. The minimum Gasteiger partial charge on any atom is -0.266 e. The van der Waals surface area contributed by atoms with Crippen molar-refractivity contribution >= 4 is 5.84 Å². The molecule has 0 saturated heterocycles. The summed E-state index contributed by atoms with van der Waals surface area (Å²) < 4.78 is 2.61. The molecule has 0 N–H and O–H groups in total. The van der Waals surface area contributed by atoms with Gasteiger partial charge in [-0.15, -0.1) is 0 Å². The number of hydrogen-bond donors (Lipinski definition) is 0. The summed E-state index contributed by atoms with van der Waals surface area (Å²) in [5.41, 5.74) is 1.43. The van der Waals surface area contributed by atoms with E-state index in [1.807, 2.05) is 0 Å². The van der Waals surface area contributed by atoms with Crippen molar-refractivity contribution in [1.29, 1.82) is 0 Å². The molecule has 0 amide bonds. The lowest BCUT2D eigenvalue weighted by Crippen LogP contribution is -2.36. The summed E-state index contributed by atoms with van der Waals surface area (Å²) in [4.78, 5) is 2.67. The van der Waals surface area contributed by atoms with Crippen molar-refractivity contribution in [3.8, 4) is 0 Å². The average Bonchev–Trinajstić information content (AvgIpc) is 2.96. The molecule has 1 aliphatic heterocycles. The van der Waals surface area contributed by atoms with Gasteiger partial charge in [0.25, 0.3) is 0 Å². The van der Waals surface area contributed by atoms with Crippen molar-refractivity contribution in [2.45, 2.75) is 58.9 Å². The molecule has 1 heterocycles. The molecular formula is C19H31N2+. The third-order valence-corrected chi connectivity index (χ3v) is 4.34. The Bertz CT molecular complexity index is 428. The van der Waals surface area contributed by atoms with E-state index < -0.39 is 0 Å². The molecule has 1 aromatic rings. The molecule has 0 radical (unpaired) electrons. The number of unbranched alkanes of at least 4 members (excludes halogenated alkanes) is 2. The molecule has 0 fully saturated rings. The highest BCUT2D eigenvalue weighted by molar-refractivity contribution is 5.78.